The van der Waals surface area contributed by atoms with E-state index in [1.54, 1.807) is 18.3 Å². The van der Waals surface area contributed by atoms with Gasteiger partial charge in [-0.2, -0.15) is 5.26 Å². The van der Waals surface area contributed by atoms with Crippen LogP contribution in [0.3, 0.4) is 0 Å². The fourth-order valence-corrected chi connectivity index (χ4v) is 2.40. The van der Waals surface area contributed by atoms with Crippen molar-refractivity contribution in [2.75, 3.05) is 6.61 Å². The van der Waals surface area contributed by atoms with Gasteiger partial charge in [0.05, 0.1) is 18.1 Å². The fraction of sp³-hybridized carbons (Fsp3) is 0.571. The van der Waals surface area contributed by atoms with Crippen molar-refractivity contribution < 1.29 is 13.5 Å². The molecule has 1 aliphatic rings. The maximum atomic E-state index is 13.2. The standard InChI is InChI=1S/C14H16F2N2O/c1-2-19-12-4-3-11(9-18-12)13(10-17)5-7-14(15,16)8-6-13/h3-4,9H,2,5-8H2,1H3. The van der Waals surface area contributed by atoms with Gasteiger partial charge in [-0.15, -0.1) is 0 Å². The van der Waals surface area contributed by atoms with E-state index in [1.807, 2.05) is 6.92 Å². The van der Waals surface area contributed by atoms with Crippen LogP contribution in [0.15, 0.2) is 18.3 Å². The van der Waals surface area contributed by atoms with Crippen LogP contribution in [0.4, 0.5) is 8.78 Å². The molecule has 0 saturated heterocycles. The SMILES string of the molecule is CCOc1ccc(C2(C#N)CCC(F)(F)CC2)cn1. The molecule has 1 heterocycles. The number of nitrogens with zero attached hydrogens (tertiary/aromatic N) is 2. The summed E-state index contributed by atoms with van der Waals surface area (Å²) in [4.78, 5) is 4.11. The third-order valence-electron chi connectivity index (χ3n) is 3.63. The van der Waals surface area contributed by atoms with E-state index in [0.717, 1.165) is 0 Å². The van der Waals surface area contributed by atoms with Crippen LogP contribution in [-0.4, -0.2) is 17.5 Å². The van der Waals surface area contributed by atoms with Crippen molar-refractivity contribution in [2.24, 2.45) is 0 Å². The minimum absolute atomic E-state index is 0.173. The highest BCUT2D eigenvalue weighted by atomic mass is 19.3. The Kier molecular flexibility index (Phi) is 3.70. The number of aromatic nitrogens is 1. The maximum absolute atomic E-state index is 13.2. The molecule has 0 radical (unpaired) electrons. The second-order valence-electron chi connectivity index (χ2n) is 4.87. The molecule has 3 nitrogen and oxygen atoms in total. The number of pyridine rings is 1. The maximum Gasteiger partial charge on any atom is 0.248 e. The highest BCUT2D eigenvalue weighted by Gasteiger charge is 2.44. The normalized spacial score (nSPS) is 20.5. The van der Waals surface area contributed by atoms with Gasteiger partial charge in [0.25, 0.3) is 0 Å². The molecule has 0 spiro atoms. The molecule has 19 heavy (non-hydrogen) atoms. The molecule has 0 unspecified atom stereocenters. The molecule has 2 rings (SSSR count). The van der Waals surface area contributed by atoms with Crippen molar-refractivity contribution in [3.8, 4) is 11.9 Å². The van der Waals surface area contributed by atoms with Gasteiger partial charge < -0.3 is 4.74 Å². The highest BCUT2D eigenvalue weighted by Crippen LogP contribution is 2.45. The molecule has 102 valence electrons. The summed E-state index contributed by atoms with van der Waals surface area (Å²) in [5.41, 5.74) is -0.131. The van der Waals surface area contributed by atoms with Gasteiger partial charge in [0.15, 0.2) is 0 Å². The van der Waals surface area contributed by atoms with Crippen LogP contribution in [0.25, 0.3) is 0 Å². The monoisotopic (exact) mass is 266 g/mol. The number of hydrogen-bond acceptors (Lipinski definition) is 3. The average molecular weight is 266 g/mol. The van der Waals surface area contributed by atoms with E-state index in [0.29, 0.717) is 18.1 Å². The molecule has 0 aliphatic heterocycles. The van der Waals surface area contributed by atoms with Gasteiger partial charge in [-0.3, -0.25) is 0 Å². The van der Waals surface area contributed by atoms with Gasteiger partial charge in [0.2, 0.25) is 11.8 Å². The number of ether oxygens (including phenoxy) is 1. The largest absolute Gasteiger partial charge is 0.478 e. The lowest BCUT2D eigenvalue weighted by Crippen LogP contribution is -2.35. The quantitative estimate of drug-likeness (QED) is 0.841. The molecule has 0 atom stereocenters. The predicted octanol–water partition coefficient (Wildman–Crippen LogP) is 3.45. The third kappa shape index (κ3) is 2.83. The Morgan fingerprint density at radius 3 is 2.47 bits per heavy atom. The summed E-state index contributed by atoms with van der Waals surface area (Å²) in [6.07, 6.45) is 1.43. The number of halogens is 2. The van der Waals surface area contributed by atoms with Crippen molar-refractivity contribution in [3.63, 3.8) is 0 Å². The molecular weight excluding hydrogens is 250 g/mol. The van der Waals surface area contributed by atoms with Crippen molar-refractivity contribution in [2.45, 2.75) is 43.9 Å². The molecule has 0 bridgehead atoms. The summed E-state index contributed by atoms with van der Waals surface area (Å²) in [5, 5.41) is 9.38. The lowest BCUT2D eigenvalue weighted by Gasteiger charge is -2.34. The minimum Gasteiger partial charge on any atom is -0.478 e. The van der Waals surface area contributed by atoms with Gasteiger partial charge in [0.1, 0.15) is 0 Å². The van der Waals surface area contributed by atoms with Crippen LogP contribution >= 0.6 is 0 Å². The topological polar surface area (TPSA) is 45.9 Å². The first-order valence-corrected chi connectivity index (χ1v) is 6.40. The predicted molar refractivity (Wildman–Crippen MR) is 66.1 cm³/mol. The summed E-state index contributed by atoms with van der Waals surface area (Å²) in [7, 11) is 0. The van der Waals surface area contributed by atoms with Crippen molar-refractivity contribution >= 4 is 0 Å². The zero-order valence-electron chi connectivity index (χ0n) is 10.8. The minimum atomic E-state index is -2.64. The highest BCUT2D eigenvalue weighted by molar-refractivity contribution is 5.33. The molecule has 0 aromatic carbocycles. The molecule has 1 aromatic heterocycles. The Morgan fingerprint density at radius 2 is 2.00 bits per heavy atom. The second-order valence-corrected chi connectivity index (χ2v) is 4.87. The Hall–Kier alpha value is -1.70. The van der Waals surface area contributed by atoms with E-state index in [-0.39, 0.29) is 25.7 Å². The van der Waals surface area contributed by atoms with Crippen molar-refractivity contribution in [1.82, 2.24) is 4.98 Å². The van der Waals surface area contributed by atoms with Crippen LogP contribution < -0.4 is 4.74 Å². The molecule has 5 heteroatoms. The average Bonchev–Trinajstić information content (AvgIpc) is 2.41. The Morgan fingerprint density at radius 1 is 1.32 bits per heavy atom. The van der Waals surface area contributed by atoms with E-state index >= 15 is 0 Å². The summed E-state index contributed by atoms with van der Waals surface area (Å²) in [6, 6.07) is 5.65. The van der Waals surface area contributed by atoms with E-state index in [4.69, 9.17) is 4.74 Å². The Balaban J connectivity index is 2.21. The second kappa shape index (κ2) is 5.12. The van der Waals surface area contributed by atoms with Crippen molar-refractivity contribution in [3.05, 3.63) is 23.9 Å². The first kappa shape index (κ1) is 13.7. The molecule has 0 amide bonds. The van der Waals surface area contributed by atoms with E-state index in [2.05, 4.69) is 11.1 Å². The fourth-order valence-electron chi connectivity index (χ4n) is 2.40. The molecule has 1 aromatic rings. The molecule has 0 N–H and O–H groups in total. The lowest BCUT2D eigenvalue weighted by molar-refractivity contribution is -0.0454. The number of nitriles is 1. The lowest BCUT2D eigenvalue weighted by atomic mass is 9.70. The first-order chi connectivity index (χ1) is 9.01. The third-order valence-corrected chi connectivity index (χ3v) is 3.63. The number of rotatable bonds is 3. The van der Waals surface area contributed by atoms with Gasteiger partial charge in [-0.1, -0.05) is 6.07 Å². The van der Waals surface area contributed by atoms with Crippen LogP contribution in [-0.2, 0) is 5.41 Å². The van der Waals surface area contributed by atoms with Crippen LogP contribution in [0.2, 0.25) is 0 Å². The van der Waals surface area contributed by atoms with Gasteiger partial charge in [-0.25, -0.2) is 13.8 Å². The smallest absolute Gasteiger partial charge is 0.248 e. The van der Waals surface area contributed by atoms with Crippen LogP contribution in [0.1, 0.15) is 38.2 Å². The van der Waals surface area contributed by atoms with Gasteiger partial charge in [0, 0.05) is 25.1 Å². The van der Waals surface area contributed by atoms with Crippen LogP contribution in [0, 0.1) is 11.3 Å². The Bertz CT molecular complexity index is 469. The summed E-state index contributed by atoms with van der Waals surface area (Å²) < 4.78 is 31.7. The summed E-state index contributed by atoms with van der Waals surface area (Å²) in [5.74, 6) is -2.15. The number of hydrogen-bond donors (Lipinski definition) is 0. The Labute approximate surface area is 111 Å². The zero-order chi connectivity index (χ0) is 13.9. The van der Waals surface area contributed by atoms with Gasteiger partial charge >= 0.3 is 0 Å². The van der Waals surface area contributed by atoms with Crippen molar-refractivity contribution in [1.29, 1.82) is 5.26 Å². The van der Waals surface area contributed by atoms with Crippen LogP contribution in [0.5, 0.6) is 5.88 Å². The molecule has 1 saturated carbocycles. The van der Waals surface area contributed by atoms with Gasteiger partial charge in [-0.05, 0) is 25.3 Å². The van der Waals surface area contributed by atoms with E-state index in [9.17, 15) is 14.0 Å². The molecular formula is C14H16F2N2O. The zero-order valence-corrected chi connectivity index (χ0v) is 10.8. The molecule has 1 fully saturated rings. The molecule has 1 aliphatic carbocycles. The number of alkyl halides is 2. The first-order valence-electron chi connectivity index (χ1n) is 6.40. The van der Waals surface area contributed by atoms with E-state index in [1.165, 1.54) is 0 Å². The van der Waals surface area contributed by atoms with E-state index < -0.39 is 11.3 Å². The summed E-state index contributed by atoms with van der Waals surface area (Å²) in [6.45, 7) is 2.37. The summed E-state index contributed by atoms with van der Waals surface area (Å²) >= 11 is 0.